The van der Waals surface area contributed by atoms with Gasteiger partial charge in [-0.05, 0) is 38.5 Å². The predicted octanol–water partition coefficient (Wildman–Crippen LogP) is 2.48. The first-order valence-corrected chi connectivity index (χ1v) is 5.57. The summed E-state index contributed by atoms with van der Waals surface area (Å²) in [5.41, 5.74) is 7.84. The van der Waals surface area contributed by atoms with Crippen molar-refractivity contribution in [1.82, 2.24) is 5.32 Å². The van der Waals surface area contributed by atoms with Crippen LogP contribution in [0.2, 0.25) is 0 Å². The van der Waals surface area contributed by atoms with E-state index in [1.165, 1.54) is 0 Å². The molecule has 0 saturated carbocycles. The number of amides is 1. The van der Waals surface area contributed by atoms with Gasteiger partial charge in [-0.2, -0.15) is 0 Å². The third-order valence-corrected chi connectivity index (χ3v) is 2.53. The van der Waals surface area contributed by atoms with Gasteiger partial charge in [0.1, 0.15) is 0 Å². The van der Waals surface area contributed by atoms with Crippen LogP contribution in [0.5, 0.6) is 0 Å². The van der Waals surface area contributed by atoms with E-state index in [-0.39, 0.29) is 11.9 Å². The number of nitrogens with two attached hydrogens (primary N) is 1. The Morgan fingerprint density at radius 3 is 2.60 bits per heavy atom. The Bertz CT molecular complexity index is 388. The molecule has 0 aromatic heterocycles. The standard InChI is InChI=1S/C11H15BrN2O/c1-6(2)14-11(15)9-4-8(12)5-10(13)7(9)3/h4-6H,13H2,1-3H3,(H,14,15). The first kappa shape index (κ1) is 12.0. The third-order valence-electron chi connectivity index (χ3n) is 2.08. The molecule has 0 saturated heterocycles. The number of nitrogens with one attached hydrogen (secondary N) is 1. The fourth-order valence-electron chi connectivity index (χ4n) is 1.28. The van der Waals surface area contributed by atoms with Crippen LogP contribution in [0, 0.1) is 6.92 Å². The van der Waals surface area contributed by atoms with Gasteiger partial charge in [-0.1, -0.05) is 15.9 Å². The lowest BCUT2D eigenvalue weighted by Crippen LogP contribution is -2.30. The molecule has 0 fully saturated rings. The number of carbonyl (C=O) groups excluding carboxylic acids is 1. The zero-order chi connectivity index (χ0) is 11.6. The molecule has 0 atom stereocenters. The first-order chi connectivity index (χ1) is 6.91. The van der Waals surface area contributed by atoms with E-state index in [2.05, 4.69) is 21.2 Å². The molecule has 4 heteroatoms. The Hall–Kier alpha value is -1.03. The van der Waals surface area contributed by atoms with Crippen molar-refractivity contribution >= 4 is 27.5 Å². The summed E-state index contributed by atoms with van der Waals surface area (Å²) in [6, 6.07) is 3.70. The molecule has 82 valence electrons. The maximum absolute atomic E-state index is 11.8. The van der Waals surface area contributed by atoms with Crippen molar-refractivity contribution in [2.75, 3.05) is 5.73 Å². The van der Waals surface area contributed by atoms with E-state index < -0.39 is 0 Å². The largest absolute Gasteiger partial charge is 0.398 e. The number of benzene rings is 1. The quantitative estimate of drug-likeness (QED) is 0.812. The van der Waals surface area contributed by atoms with Gasteiger partial charge in [0.2, 0.25) is 0 Å². The summed E-state index contributed by atoms with van der Waals surface area (Å²) in [4.78, 5) is 11.8. The van der Waals surface area contributed by atoms with E-state index >= 15 is 0 Å². The number of carbonyl (C=O) groups is 1. The molecule has 1 aromatic rings. The van der Waals surface area contributed by atoms with Crippen LogP contribution in [0.4, 0.5) is 5.69 Å². The molecule has 3 nitrogen and oxygen atoms in total. The monoisotopic (exact) mass is 270 g/mol. The average Bonchev–Trinajstić information content (AvgIpc) is 2.09. The molecule has 0 aliphatic heterocycles. The van der Waals surface area contributed by atoms with Gasteiger partial charge >= 0.3 is 0 Å². The highest BCUT2D eigenvalue weighted by atomic mass is 79.9. The molecular weight excluding hydrogens is 256 g/mol. The van der Waals surface area contributed by atoms with Gasteiger partial charge in [-0.25, -0.2) is 0 Å². The Morgan fingerprint density at radius 2 is 2.07 bits per heavy atom. The third kappa shape index (κ3) is 2.96. The molecule has 0 radical (unpaired) electrons. The molecule has 1 rings (SSSR count). The molecule has 0 bridgehead atoms. The van der Waals surface area contributed by atoms with Crippen molar-refractivity contribution in [2.45, 2.75) is 26.8 Å². The SMILES string of the molecule is Cc1c(N)cc(Br)cc1C(=O)NC(C)C. The predicted molar refractivity (Wildman–Crippen MR) is 65.9 cm³/mol. The van der Waals surface area contributed by atoms with Crippen LogP contribution < -0.4 is 11.1 Å². The first-order valence-electron chi connectivity index (χ1n) is 4.78. The van der Waals surface area contributed by atoms with E-state index in [1.54, 1.807) is 12.1 Å². The van der Waals surface area contributed by atoms with Crippen LogP contribution in [0.1, 0.15) is 29.8 Å². The van der Waals surface area contributed by atoms with E-state index in [1.807, 2.05) is 20.8 Å². The summed E-state index contributed by atoms with van der Waals surface area (Å²) in [6.07, 6.45) is 0. The highest BCUT2D eigenvalue weighted by Crippen LogP contribution is 2.22. The van der Waals surface area contributed by atoms with E-state index in [0.29, 0.717) is 11.3 Å². The number of rotatable bonds is 2. The van der Waals surface area contributed by atoms with Crippen molar-refractivity contribution in [3.8, 4) is 0 Å². The van der Waals surface area contributed by atoms with Gasteiger partial charge in [0.15, 0.2) is 0 Å². The molecule has 0 aliphatic carbocycles. The second kappa shape index (κ2) is 4.66. The van der Waals surface area contributed by atoms with Crippen LogP contribution in [0.15, 0.2) is 16.6 Å². The minimum atomic E-state index is -0.0875. The van der Waals surface area contributed by atoms with Crippen LogP contribution in [0.25, 0.3) is 0 Å². The molecule has 0 aliphatic rings. The average molecular weight is 271 g/mol. The molecule has 1 aromatic carbocycles. The zero-order valence-electron chi connectivity index (χ0n) is 9.10. The molecule has 0 heterocycles. The zero-order valence-corrected chi connectivity index (χ0v) is 10.7. The van der Waals surface area contributed by atoms with Crippen molar-refractivity contribution in [2.24, 2.45) is 0 Å². The maximum atomic E-state index is 11.8. The highest BCUT2D eigenvalue weighted by molar-refractivity contribution is 9.10. The molecule has 15 heavy (non-hydrogen) atoms. The Balaban J connectivity index is 3.08. The molecule has 1 amide bonds. The van der Waals surface area contributed by atoms with Gasteiger partial charge in [-0.15, -0.1) is 0 Å². The lowest BCUT2D eigenvalue weighted by Gasteiger charge is -2.12. The molecule has 3 N–H and O–H groups in total. The molecular formula is C11H15BrN2O. The van der Waals surface area contributed by atoms with Gasteiger partial charge in [0.25, 0.3) is 5.91 Å². The molecule has 0 spiro atoms. The topological polar surface area (TPSA) is 55.1 Å². The van der Waals surface area contributed by atoms with Gasteiger partial charge < -0.3 is 11.1 Å². The smallest absolute Gasteiger partial charge is 0.251 e. The van der Waals surface area contributed by atoms with Gasteiger partial charge in [0, 0.05) is 21.8 Å². The van der Waals surface area contributed by atoms with Crippen molar-refractivity contribution in [3.63, 3.8) is 0 Å². The van der Waals surface area contributed by atoms with Crippen molar-refractivity contribution < 1.29 is 4.79 Å². The minimum absolute atomic E-state index is 0.0875. The van der Waals surface area contributed by atoms with E-state index in [9.17, 15) is 4.79 Å². The summed E-state index contributed by atoms with van der Waals surface area (Å²) in [6.45, 7) is 5.69. The van der Waals surface area contributed by atoms with E-state index in [0.717, 1.165) is 10.0 Å². The van der Waals surface area contributed by atoms with Crippen molar-refractivity contribution in [1.29, 1.82) is 0 Å². The normalized spacial score (nSPS) is 10.5. The lowest BCUT2D eigenvalue weighted by molar-refractivity contribution is 0.0942. The van der Waals surface area contributed by atoms with Crippen LogP contribution in [-0.2, 0) is 0 Å². The van der Waals surface area contributed by atoms with Gasteiger partial charge in [0.05, 0.1) is 0 Å². The number of nitrogen functional groups attached to an aromatic ring is 1. The fourth-order valence-corrected chi connectivity index (χ4v) is 1.75. The fraction of sp³-hybridized carbons (Fsp3) is 0.364. The van der Waals surface area contributed by atoms with Crippen LogP contribution in [0.3, 0.4) is 0 Å². The highest BCUT2D eigenvalue weighted by Gasteiger charge is 2.12. The summed E-state index contributed by atoms with van der Waals surface area (Å²) in [5, 5.41) is 2.84. The van der Waals surface area contributed by atoms with Gasteiger partial charge in [-0.3, -0.25) is 4.79 Å². The maximum Gasteiger partial charge on any atom is 0.251 e. The number of hydrogen-bond donors (Lipinski definition) is 2. The minimum Gasteiger partial charge on any atom is -0.398 e. The summed E-state index contributed by atoms with van der Waals surface area (Å²) >= 11 is 3.32. The summed E-state index contributed by atoms with van der Waals surface area (Å²) < 4.78 is 0.819. The summed E-state index contributed by atoms with van der Waals surface area (Å²) in [7, 11) is 0. The van der Waals surface area contributed by atoms with E-state index in [4.69, 9.17) is 5.73 Å². The summed E-state index contributed by atoms with van der Waals surface area (Å²) in [5.74, 6) is -0.0875. The van der Waals surface area contributed by atoms with Crippen LogP contribution >= 0.6 is 15.9 Å². The second-order valence-corrected chi connectivity index (χ2v) is 4.71. The molecule has 0 unspecified atom stereocenters. The Kier molecular flexibility index (Phi) is 3.74. The van der Waals surface area contributed by atoms with Crippen LogP contribution in [-0.4, -0.2) is 11.9 Å². The lowest BCUT2D eigenvalue weighted by atomic mass is 10.1. The number of halogens is 1. The number of anilines is 1. The second-order valence-electron chi connectivity index (χ2n) is 3.80. The Morgan fingerprint density at radius 1 is 1.47 bits per heavy atom. The number of hydrogen-bond acceptors (Lipinski definition) is 2. The Labute approximate surface area is 98.2 Å². The van der Waals surface area contributed by atoms with Crippen molar-refractivity contribution in [3.05, 3.63) is 27.7 Å².